The largest absolute Gasteiger partial charge is 0.391 e. The number of hydrogen-bond acceptors (Lipinski definition) is 4. The third-order valence-corrected chi connectivity index (χ3v) is 6.33. The van der Waals surface area contributed by atoms with E-state index in [9.17, 15) is 9.90 Å². The Bertz CT molecular complexity index is 799. The van der Waals surface area contributed by atoms with E-state index in [1.807, 2.05) is 37.3 Å². The summed E-state index contributed by atoms with van der Waals surface area (Å²) < 4.78 is 0. The van der Waals surface area contributed by atoms with Crippen LogP contribution in [0.2, 0.25) is 0 Å². The highest BCUT2D eigenvalue weighted by molar-refractivity contribution is 5.97. The molecule has 148 valence electrons. The summed E-state index contributed by atoms with van der Waals surface area (Å²) in [5, 5.41) is 10.7. The third-order valence-electron chi connectivity index (χ3n) is 6.33. The van der Waals surface area contributed by atoms with Crippen LogP contribution in [0.1, 0.15) is 28.4 Å². The number of nitrogens with zero attached hydrogens (tertiary/aromatic N) is 2. The van der Waals surface area contributed by atoms with Gasteiger partial charge in [0.05, 0.1) is 6.10 Å². The van der Waals surface area contributed by atoms with Crippen molar-refractivity contribution < 1.29 is 9.90 Å². The third kappa shape index (κ3) is 4.19. The first-order valence-corrected chi connectivity index (χ1v) is 10.4. The van der Waals surface area contributed by atoms with E-state index in [0.29, 0.717) is 0 Å². The topological polar surface area (TPSA) is 43.8 Å². The minimum absolute atomic E-state index is 0.00102. The Balaban J connectivity index is 1.31. The van der Waals surface area contributed by atoms with Gasteiger partial charge >= 0.3 is 0 Å². The Hall–Kier alpha value is -2.01. The van der Waals surface area contributed by atoms with Crippen molar-refractivity contribution in [1.82, 2.24) is 9.80 Å². The molecule has 0 saturated carbocycles. The van der Waals surface area contributed by atoms with E-state index in [1.165, 1.54) is 11.1 Å². The molecule has 0 radical (unpaired) electrons. The van der Waals surface area contributed by atoms with Crippen LogP contribution in [0, 0.1) is 5.92 Å². The van der Waals surface area contributed by atoms with Gasteiger partial charge in [-0.15, -0.1) is 0 Å². The Morgan fingerprint density at radius 3 is 2.25 bits per heavy atom. The number of rotatable bonds is 5. The first kappa shape index (κ1) is 19.3. The van der Waals surface area contributed by atoms with Crippen LogP contribution < -0.4 is 0 Å². The van der Waals surface area contributed by atoms with Crippen molar-refractivity contribution in [1.29, 1.82) is 0 Å². The van der Waals surface area contributed by atoms with Gasteiger partial charge in [0.25, 0.3) is 0 Å². The summed E-state index contributed by atoms with van der Waals surface area (Å²) in [4.78, 5) is 17.5. The maximum atomic E-state index is 12.6. The molecule has 3 atom stereocenters. The van der Waals surface area contributed by atoms with Crippen LogP contribution in [0.25, 0.3) is 0 Å². The average molecular weight is 379 g/mol. The highest BCUT2D eigenvalue weighted by atomic mass is 16.3. The molecule has 0 aromatic heterocycles. The molecule has 0 spiro atoms. The second-order valence-corrected chi connectivity index (χ2v) is 8.28. The molecule has 1 N–H and O–H groups in total. The SMILES string of the molecule is C[C@@H](CN1CCN([C@@H]2Cc3ccccc3C[C@H]2O)CC1)C(=O)c1ccccc1. The molecule has 1 fully saturated rings. The fourth-order valence-electron chi connectivity index (χ4n) is 4.69. The van der Waals surface area contributed by atoms with Gasteiger partial charge in [-0.05, 0) is 17.5 Å². The number of aliphatic hydroxyl groups is 1. The van der Waals surface area contributed by atoms with Crippen LogP contribution in [0.3, 0.4) is 0 Å². The highest BCUT2D eigenvalue weighted by Crippen LogP contribution is 2.26. The summed E-state index contributed by atoms with van der Waals surface area (Å²) >= 11 is 0. The van der Waals surface area contributed by atoms with Gasteiger partial charge in [0, 0.05) is 56.7 Å². The standard InChI is InChI=1S/C24H30N2O2/c1-18(24(28)19-7-3-2-4-8-19)17-25-11-13-26(14-12-25)22-15-20-9-5-6-10-21(20)16-23(22)27/h2-10,18,22-23,27H,11-17H2,1H3/t18-,22+,23+/m0/s1. The van der Waals surface area contributed by atoms with Crippen LogP contribution in [-0.2, 0) is 12.8 Å². The lowest BCUT2D eigenvalue weighted by atomic mass is 9.85. The second-order valence-electron chi connectivity index (χ2n) is 8.28. The van der Waals surface area contributed by atoms with Gasteiger partial charge in [-0.3, -0.25) is 9.69 Å². The molecule has 0 bridgehead atoms. The lowest BCUT2D eigenvalue weighted by Crippen LogP contribution is -2.56. The van der Waals surface area contributed by atoms with Crippen molar-refractivity contribution in [2.24, 2.45) is 5.92 Å². The van der Waals surface area contributed by atoms with Gasteiger partial charge in [0.1, 0.15) is 0 Å². The van der Waals surface area contributed by atoms with E-state index in [0.717, 1.165) is 51.1 Å². The zero-order chi connectivity index (χ0) is 19.5. The fourth-order valence-corrected chi connectivity index (χ4v) is 4.69. The first-order valence-electron chi connectivity index (χ1n) is 10.4. The molecule has 2 aromatic carbocycles. The zero-order valence-electron chi connectivity index (χ0n) is 16.6. The number of aliphatic hydroxyl groups excluding tert-OH is 1. The molecule has 1 heterocycles. The van der Waals surface area contributed by atoms with Crippen molar-refractivity contribution in [3.8, 4) is 0 Å². The Morgan fingerprint density at radius 2 is 1.57 bits per heavy atom. The lowest BCUT2D eigenvalue weighted by molar-refractivity contribution is 0.0121. The lowest BCUT2D eigenvalue weighted by Gasteiger charge is -2.43. The Morgan fingerprint density at radius 1 is 0.964 bits per heavy atom. The number of carbonyl (C=O) groups excluding carboxylic acids is 1. The summed E-state index contributed by atoms with van der Waals surface area (Å²) in [5.41, 5.74) is 3.47. The maximum absolute atomic E-state index is 12.6. The van der Waals surface area contributed by atoms with Crippen molar-refractivity contribution in [3.05, 3.63) is 71.3 Å². The smallest absolute Gasteiger partial charge is 0.166 e. The normalized spacial score (nSPS) is 24.5. The number of carbonyl (C=O) groups is 1. The molecule has 2 aromatic rings. The quantitative estimate of drug-likeness (QED) is 0.813. The number of hydrogen-bond donors (Lipinski definition) is 1. The molecular weight excluding hydrogens is 348 g/mol. The van der Waals surface area contributed by atoms with Gasteiger partial charge < -0.3 is 10.0 Å². The fraction of sp³-hybridized carbons (Fsp3) is 0.458. The van der Waals surface area contributed by atoms with E-state index in [-0.39, 0.29) is 23.8 Å². The van der Waals surface area contributed by atoms with Crippen molar-refractivity contribution >= 4 is 5.78 Å². The predicted molar refractivity (Wildman–Crippen MR) is 112 cm³/mol. The highest BCUT2D eigenvalue weighted by Gasteiger charge is 2.33. The molecule has 0 unspecified atom stereocenters. The van der Waals surface area contributed by atoms with Crippen LogP contribution >= 0.6 is 0 Å². The number of ketones is 1. The summed E-state index contributed by atoms with van der Waals surface area (Å²) in [7, 11) is 0. The maximum Gasteiger partial charge on any atom is 0.166 e. The number of benzene rings is 2. The monoisotopic (exact) mass is 378 g/mol. The van der Waals surface area contributed by atoms with E-state index in [1.54, 1.807) is 0 Å². The predicted octanol–water partition coefficient (Wildman–Crippen LogP) is 2.65. The van der Waals surface area contributed by atoms with Gasteiger partial charge in [-0.2, -0.15) is 0 Å². The second kappa shape index (κ2) is 8.56. The summed E-state index contributed by atoms with van der Waals surface area (Å²) in [6.07, 6.45) is 1.39. The number of piperazine rings is 1. The van der Waals surface area contributed by atoms with Gasteiger partial charge in [0.2, 0.25) is 0 Å². The minimum atomic E-state index is -0.292. The first-order chi connectivity index (χ1) is 13.6. The van der Waals surface area contributed by atoms with Crippen LogP contribution in [-0.4, -0.2) is 65.6 Å². The summed E-state index contributed by atoms with van der Waals surface area (Å²) in [5.74, 6) is 0.225. The van der Waals surface area contributed by atoms with Crippen LogP contribution in [0.5, 0.6) is 0 Å². The molecule has 4 rings (SSSR count). The Labute approximate surface area is 167 Å². The molecule has 0 amide bonds. The molecule has 2 aliphatic rings. The Kier molecular flexibility index (Phi) is 5.90. The molecule has 4 heteroatoms. The van der Waals surface area contributed by atoms with E-state index < -0.39 is 0 Å². The molecule has 1 aliphatic carbocycles. The molecule has 28 heavy (non-hydrogen) atoms. The van der Waals surface area contributed by atoms with E-state index in [2.05, 4.69) is 34.1 Å². The minimum Gasteiger partial charge on any atom is -0.391 e. The van der Waals surface area contributed by atoms with Crippen LogP contribution in [0.15, 0.2) is 54.6 Å². The van der Waals surface area contributed by atoms with Gasteiger partial charge in [0.15, 0.2) is 5.78 Å². The summed E-state index contributed by atoms with van der Waals surface area (Å²) in [6, 6.07) is 18.3. The molecule has 1 aliphatic heterocycles. The van der Waals surface area contributed by atoms with Crippen molar-refractivity contribution in [3.63, 3.8) is 0 Å². The zero-order valence-corrected chi connectivity index (χ0v) is 16.6. The van der Waals surface area contributed by atoms with Gasteiger partial charge in [-0.1, -0.05) is 61.5 Å². The van der Waals surface area contributed by atoms with E-state index in [4.69, 9.17) is 0 Å². The van der Waals surface area contributed by atoms with Crippen molar-refractivity contribution in [2.75, 3.05) is 32.7 Å². The molecule has 4 nitrogen and oxygen atoms in total. The number of Topliss-reactive ketones (excluding diaryl/α,β-unsaturated/α-hetero) is 1. The van der Waals surface area contributed by atoms with Crippen LogP contribution in [0.4, 0.5) is 0 Å². The van der Waals surface area contributed by atoms with E-state index >= 15 is 0 Å². The summed E-state index contributed by atoms with van der Waals surface area (Å²) in [6.45, 7) is 6.65. The molecule has 1 saturated heterocycles. The number of fused-ring (bicyclic) bond motifs is 1. The average Bonchev–Trinajstić information content (AvgIpc) is 2.74. The van der Waals surface area contributed by atoms with Crippen molar-refractivity contribution in [2.45, 2.75) is 31.9 Å². The molecular formula is C24H30N2O2. The van der Waals surface area contributed by atoms with Gasteiger partial charge in [-0.25, -0.2) is 0 Å².